The summed E-state index contributed by atoms with van der Waals surface area (Å²) in [7, 11) is 0. The van der Waals surface area contributed by atoms with Gasteiger partial charge >= 0.3 is 0 Å². The summed E-state index contributed by atoms with van der Waals surface area (Å²) in [4.78, 5) is 35.4. The van der Waals surface area contributed by atoms with Crippen LogP contribution in [0.1, 0.15) is 37.0 Å². The number of benzene rings is 1. The van der Waals surface area contributed by atoms with Crippen LogP contribution >= 0.6 is 11.8 Å². The standard InChI is InChI=1S/C15H16O3S/c1-9(16)15(10(2)17)19-13-7-5-12(6-8-13)14(18)11-3-4-11/h5-8,11,15H,3-4H2,1-2H3. The number of carbonyl (C=O) groups is 3. The van der Waals surface area contributed by atoms with E-state index in [2.05, 4.69) is 0 Å². The first-order chi connectivity index (χ1) is 8.99. The Kier molecular flexibility index (Phi) is 4.20. The van der Waals surface area contributed by atoms with Crippen LogP contribution in [0.4, 0.5) is 0 Å². The molecule has 0 bridgehead atoms. The van der Waals surface area contributed by atoms with Gasteiger partial charge in [0.25, 0.3) is 0 Å². The number of thioether (sulfide) groups is 1. The maximum absolute atomic E-state index is 11.8. The average Bonchev–Trinajstić information content (AvgIpc) is 3.19. The molecule has 1 aromatic rings. The zero-order chi connectivity index (χ0) is 14.0. The smallest absolute Gasteiger partial charge is 0.165 e. The highest BCUT2D eigenvalue weighted by Crippen LogP contribution is 2.33. The van der Waals surface area contributed by atoms with Crippen molar-refractivity contribution in [3.05, 3.63) is 29.8 Å². The van der Waals surface area contributed by atoms with Gasteiger partial charge in [0.15, 0.2) is 17.3 Å². The summed E-state index contributed by atoms with van der Waals surface area (Å²) in [6.45, 7) is 2.84. The third-order valence-corrected chi connectivity index (χ3v) is 4.52. The zero-order valence-corrected chi connectivity index (χ0v) is 11.8. The van der Waals surface area contributed by atoms with E-state index >= 15 is 0 Å². The number of hydrogen-bond donors (Lipinski definition) is 0. The minimum Gasteiger partial charge on any atom is -0.298 e. The highest BCUT2D eigenvalue weighted by Gasteiger charge is 2.30. The molecular weight excluding hydrogens is 260 g/mol. The second-order valence-corrected chi connectivity index (χ2v) is 6.06. The molecule has 0 unspecified atom stereocenters. The minimum absolute atomic E-state index is 0.143. The predicted octanol–water partition coefficient (Wildman–Crippen LogP) is 2.92. The first-order valence-corrected chi connectivity index (χ1v) is 7.19. The van der Waals surface area contributed by atoms with Gasteiger partial charge in [0.1, 0.15) is 5.25 Å². The highest BCUT2D eigenvalue weighted by atomic mass is 32.2. The van der Waals surface area contributed by atoms with Crippen LogP contribution in [0.3, 0.4) is 0 Å². The normalized spacial score (nSPS) is 14.5. The van der Waals surface area contributed by atoms with Gasteiger partial charge in [0.2, 0.25) is 0 Å². The molecule has 0 saturated heterocycles. The molecule has 3 nitrogen and oxygen atoms in total. The molecule has 4 heteroatoms. The van der Waals surface area contributed by atoms with E-state index in [4.69, 9.17) is 0 Å². The molecule has 0 N–H and O–H groups in total. The monoisotopic (exact) mass is 276 g/mol. The molecule has 0 aromatic heterocycles. The van der Waals surface area contributed by atoms with E-state index in [0.717, 1.165) is 17.7 Å². The van der Waals surface area contributed by atoms with Crippen LogP contribution < -0.4 is 0 Å². The molecule has 19 heavy (non-hydrogen) atoms. The fraction of sp³-hybridized carbons (Fsp3) is 0.400. The Balaban J connectivity index is 2.07. The molecule has 1 saturated carbocycles. The first kappa shape index (κ1) is 14.0. The first-order valence-electron chi connectivity index (χ1n) is 6.31. The molecule has 2 rings (SSSR count). The van der Waals surface area contributed by atoms with Crippen LogP contribution in [-0.4, -0.2) is 22.6 Å². The van der Waals surface area contributed by atoms with E-state index in [0.29, 0.717) is 5.56 Å². The Labute approximate surface area is 116 Å². The van der Waals surface area contributed by atoms with Crippen LogP contribution in [0.25, 0.3) is 0 Å². The Hall–Kier alpha value is -1.42. The fourth-order valence-corrected chi connectivity index (χ4v) is 2.76. The molecule has 1 aromatic carbocycles. The maximum Gasteiger partial charge on any atom is 0.165 e. The number of hydrogen-bond acceptors (Lipinski definition) is 4. The number of Topliss-reactive ketones (excluding diaryl/α,β-unsaturated/α-hetero) is 3. The summed E-state index contributed by atoms with van der Waals surface area (Å²) in [6, 6.07) is 7.17. The van der Waals surface area contributed by atoms with Gasteiger partial charge in [-0.25, -0.2) is 0 Å². The van der Waals surface area contributed by atoms with Gasteiger partial charge in [-0.15, -0.1) is 11.8 Å². The molecular formula is C15H16O3S. The third kappa shape index (κ3) is 3.53. The van der Waals surface area contributed by atoms with E-state index in [9.17, 15) is 14.4 Å². The molecule has 100 valence electrons. The van der Waals surface area contributed by atoms with Crippen molar-refractivity contribution < 1.29 is 14.4 Å². The maximum atomic E-state index is 11.8. The topological polar surface area (TPSA) is 51.2 Å². The van der Waals surface area contributed by atoms with Crippen LogP contribution in [-0.2, 0) is 9.59 Å². The Bertz CT molecular complexity index is 501. The summed E-state index contributed by atoms with van der Waals surface area (Å²) in [5.41, 5.74) is 0.717. The van der Waals surface area contributed by atoms with Gasteiger partial charge in [-0.3, -0.25) is 14.4 Å². The molecule has 0 spiro atoms. The lowest BCUT2D eigenvalue weighted by Crippen LogP contribution is -2.21. The minimum atomic E-state index is -0.648. The largest absolute Gasteiger partial charge is 0.298 e. The van der Waals surface area contributed by atoms with Crippen molar-refractivity contribution in [2.24, 2.45) is 5.92 Å². The highest BCUT2D eigenvalue weighted by molar-refractivity contribution is 8.01. The van der Waals surface area contributed by atoms with E-state index in [1.54, 1.807) is 24.3 Å². The molecule has 0 aliphatic heterocycles. The van der Waals surface area contributed by atoms with Gasteiger partial charge in [-0.05, 0) is 38.8 Å². The van der Waals surface area contributed by atoms with Crippen LogP contribution in [0, 0.1) is 5.92 Å². The lowest BCUT2D eigenvalue weighted by molar-refractivity contribution is -0.123. The van der Waals surface area contributed by atoms with Crippen LogP contribution in [0.15, 0.2) is 29.2 Å². The van der Waals surface area contributed by atoms with Gasteiger partial charge in [0.05, 0.1) is 0 Å². The van der Waals surface area contributed by atoms with Crippen LogP contribution in [0.2, 0.25) is 0 Å². The SMILES string of the molecule is CC(=O)C(Sc1ccc(C(=O)C2CC2)cc1)C(C)=O. The van der Waals surface area contributed by atoms with Crippen molar-refractivity contribution in [2.45, 2.75) is 36.8 Å². The van der Waals surface area contributed by atoms with E-state index in [1.165, 1.54) is 25.6 Å². The van der Waals surface area contributed by atoms with E-state index in [-0.39, 0.29) is 23.3 Å². The Morgan fingerprint density at radius 3 is 2.00 bits per heavy atom. The van der Waals surface area contributed by atoms with Gasteiger partial charge in [-0.2, -0.15) is 0 Å². The van der Waals surface area contributed by atoms with Crippen molar-refractivity contribution in [2.75, 3.05) is 0 Å². The lowest BCUT2D eigenvalue weighted by Gasteiger charge is -2.10. The lowest BCUT2D eigenvalue weighted by atomic mass is 10.1. The number of rotatable bonds is 6. The average molecular weight is 276 g/mol. The molecule has 1 fully saturated rings. The van der Waals surface area contributed by atoms with Gasteiger partial charge in [0, 0.05) is 16.4 Å². The third-order valence-electron chi connectivity index (χ3n) is 3.08. The zero-order valence-electron chi connectivity index (χ0n) is 11.0. The number of carbonyl (C=O) groups excluding carboxylic acids is 3. The number of ketones is 3. The fourth-order valence-electron chi connectivity index (χ4n) is 1.87. The van der Waals surface area contributed by atoms with Crippen LogP contribution in [0.5, 0.6) is 0 Å². The second kappa shape index (κ2) is 5.70. The molecule has 1 aliphatic carbocycles. The predicted molar refractivity (Wildman–Crippen MR) is 74.5 cm³/mol. The summed E-state index contributed by atoms with van der Waals surface area (Å²) >= 11 is 1.24. The Morgan fingerprint density at radius 1 is 1.05 bits per heavy atom. The second-order valence-electron chi connectivity index (χ2n) is 4.88. The molecule has 1 aliphatic rings. The summed E-state index contributed by atoms with van der Waals surface area (Å²) in [5, 5.41) is -0.648. The van der Waals surface area contributed by atoms with Crippen molar-refractivity contribution >= 4 is 29.1 Å². The Morgan fingerprint density at radius 2 is 1.58 bits per heavy atom. The van der Waals surface area contributed by atoms with Crippen molar-refractivity contribution in [1.29, 1.82) is 0 Å². The van der Waals surface area contributed by atoms with E-state index in [1.807, 2.05) is 0 Å². The quantitative estimate of drug-likeness (QED) is 0.455. The molecule has 0 heterocycles. The van der Waals surface area contributed by atoms with Crippen molar-refractivity contribution in [3.8, 4) is 0 Å². The molecule has 0 radical (unpaired) electrons. The van der Waals surface area contributed by atoms with Gasteiger partial charge in [-0.1, -0.05) is 12.1 Å². The molecule has 0 atom stereocenters. The summed E-state index contributed by atoms with van der Waals surface area (Å²) < 4.78 is 0. The summed E-state index contributed by atoms with van der Waals surface area (Å²) in [5.74, 6) is 0.123. The van der Waals surface area contributed by atoms with E-state index < -0.39 is 5.25 Å². The summed E-state index contributed by atoms with van der Waals surface area (Å²) in [6.07, 6.45) is 1.98. The molecule has 0 amide bonds. The van der Waals surface area contributed by atoms with Gasteiger partial charge < -0.3 is 0 Å². The van der Waals surface area contributed by atoms with Crippen molar-refractivity contribution in [3.63, 3.8) is 0 Å². The van der Waals surface area contributed by atoms with Crippen molar-refractivity contribution in [1.82, 2.24) is 0 Å².